The Kier molecular flexibility index (Phi) is 6.61. The summed E-state index contributed by atoms with van der Waals surface area (Å²) < 4.78 is 13.0. The topological polar surface area (TPSA) is 104 Å². The van der Waals surface area contributed by atoms with Crippen LogP contribution in [0.2, 0.25) is 0 Å². The SMILES string of the molecule is C[C@@H](CCc1ccccc1)NC(=O)CSc1nnc([C@@H]2COc3ccccc3O2)n1N. The third-order valence-electron chi connectivity index (χ3n) is 4.94. The number of benzene rings is 2. The first-order valence-corrected chi connectivity index (χ1v) is 11.1. The molecule has 2 heterocycles. The molecule has 8 nitrogen and oxygen atoms in total. The van der Waals surface area contributed by atoms with Crippen molar-refractivity contribution in [1.29, 1.82) is 0 Å². The molecule has 2 aromatic carbocycles. The second-order valence-electron chi connectivity index (χ2n) is 7.36. The van der Waals surface area contributed by atoms with Crippen LogP contribution in [0.25, 0.3) is 0 Å². The van der Waals surface area contributed by atoms with Crippen molar-refractivity contribution in [1.82, 2.24) is 20.2 Å². The number of nitrogens with two attached hydrogens (primary N) is 1. The van der Waals surface area contributed by atoms with Gasteiger partial charge in [-0.3, -0.25) is 4.79 Å². The fourth-order valence-electron chi connectivity index (χ4n) is 3.30. The molecule has 1 amide bonds. The number of nitrogen functional groups attached to an aromatic ring is 1. The summed E-state index contributed by atoms with van der Waals surface area (Å²) in [6.45, 7) is 2.30. The van der Waals surface area contributed by atoms with Crippen molar-refractivity contribution in [3.05, 3.63) is 66.0 Å². The first-order chi connectivity index (χ1) is 15.1. The number of hydrogen-bond donors (Lipinski definition) is 2. The summed E-state index contributed by atoms with van der Waals surface area (Å²) in [7, 11) is 0. The van der Waals surface area contributed by atoms with Crippen LogP contribution in [0.3, 0.4) is 0 Å². The van der Waals surface area contributed by atoms with Gasteiger partial charge in [0.1, 0.15) is 6.61 Å². The molecule has 9 heteroatoms. The van der Waals surface area contributed by atoms with E-state index < -0.39 is 6.10 Å². The Balaban J connectivity index is 1.26. The Labute approximate surface area is 185 Å². The number of fused-ring (bicyclic) bond motifs is 1. The lowest BCUT2D eigenvalue weighted by molar-refractivity contribution is -0.119. The maximum absolute atomic E-state index is 12.3. The molecule has 0 saturated heterocycles. The highest BCUT2D eigenvalue weighted by molar-refractivity contribution is 7.99. The van der Waals surface area contributed by atoms with Gasteiger partial charge in [0.05, 0.1) is 5.75 Å². The van der Waals surface area contributed by atoms with E-state index in [1.807, 2.05) is 49.4 Å². The van der Waals surface area contributed by atoms with E-state index in [-0.39, 0.29) is 24.3 Å². The number of aromatic nitrogens is 3. The Morgan fingerprint density at radius 3 is 2.74 bits per heavy atom. The Hall–Kier alpha value is -3.20. The molecule has 1 aromatic heterocycles. The van der Waals surface area contributed by atoms with Gasteiger partial charge in [0.15, 0.2) is 23.4 Å². The number of para-hydroxylation sites is 2. The fourth-order valence-corrected chi connectivity index (χ4v) is 3.97. The maximum Gasteiger partial charge on any atom is 0.230 e. The molecule has 4 rings (SSSR count). The molecular weight excluding hydrogens is 414 g/mol. The molecule has 0 bridgehead atoms. The molecule has 0 fully saturated rings. The van der Waals surface area contributed by atoms with Crippen LogP contribution < -0.4 is 20.6 Å². The molecule has 31 heavy (non-hydrogen) atoms. The van der Waals surface area contributed by atoms with Crippen molar-refractivity contribution in [3.8, 4) is 11.5 Å². The summed E-state index contributed by atoms with van der Waals surface area (Å²) >= 11 is 1.24. The van der Waals surface area contributed by atoms with Gasteiger partial charge in [0, 0.05) is 6.04 Å². The molecule has 0 radical (unpaired) electrons. The van der Waals surface area contributed by atoms with Crippen LogP contribution in [-0.2, 0) is 11.2 Å². The zero-order valence-corrected chi connectivity index (χ0v) is 18.0. The van der Waals surface area contributed by atoms with Crippen molar-refractivity contribution in [2.45, 2.75) is 37.1 Å². The van der Waals surface area contributed by atoms with Crippen molar-refractivity contribution >= 4 is 17.7 Å². The largest absolute Gasteiger partial charge is 0.485 e. The average molecular weight is 440 g/mol. The minimum atomic E-state index is -0.464. The molecule has 0 spiro atoms. The number of thioether (sulfide) groups is 1. The van der Waals surface area contributed by atoms with E-state index in [4.69, 9.17) is 15.3 Å². The van der Waals surface area contributed by atoms with Gasteiger partial charge >= 0.3 is 0 Å². The van der Waals surface area contributed by atoms with E-state index in [9.17, 15) is 4.79 Å². The number of nitrogens with one attached hydrogen (secondary N) is 1. The van der Waals surface area contributed by atoms with E-state index in [2.05, 4.69) is 27.6 Å². The molecular formula is C22H25N5O3S. The van der Waals surface area contributed by atoms with Crippen molar-refractivity contribution in [2.24, 2.45) is 0 Å². The van der Waals surface area contributed by atoms with Crippen LogP contribution in [-0.4, -0.2) is 39.2 Å². The van der Waals surface area contributed by atoms with Gasteiger partial charge in [0.2, 0.25) is 11.1 Å². The molecule has 3 aromatic rings. The highest BCUT2D eigenvalue weighted by Gasteiger charge is 2.28. The molecule has 0 unspecified atom stereocenters. The van der Waals surface area contributed by atoms with Gasteiger partial charge < -0.3 is 20.6 Å². The summed E-state index contributed by atoms with van der Waals surface area (Å²) in [5, 5.41) is 11.7. The fraction of sp³-hybridized carbons (Fsp3) is 0.318. The third kappa shape index (κ3) is 5.29. The number of carbonyl (C=O) groups is 1. The van der Waals surface area contributed by atoms with Gasteiger partial charge in [-0.25, -0.2) is 4.68 Å². The van der Waals surface area contributed by atoms with Crippen LogP contribution in [0.4, 0.5) is 0 Å². The van der Waals surface area contributed by atoms with E-state index >= 15 is 0 Å². The molecule has 1 aliphatic heterocycles. The minimum Gasteiger partial charge on any atom is -0.485 e. The van der Waals surface area contributed by atoms with Crippen LogP contribution in [0.5, 0.6) is 11.5 Å². The first-order valence-electron chi connectivity index (χ1n) is 10.1. The molecule has 0 saturated carbocycles. The maximum atomic E-state index is 12.3. The third-order valence-corrected chi connectivity index (χ3v) is 5.88. The van der Waals surface area contributed by atoms with Crippen LogP contribution in [0, 0.1) is 0 Å². The smallest absolute Gasteiger partial charge is 0.230 e. The van der Waals surface area contributed by atoms with Crippen molar-refractivity contribution in [3.63, 3.8) is 0 Å². The lowest BCUT2D eigenvalue weighted by Crippen LogP contribution is -2.34. The molecule has 1 aliphatic rings. The number of aryl methyl sites for hydroxylation is 1. The lowest BCUT2D eigenvalue weighted by atomic mass is 10.1. The number of carbonyl (C=O) groups excluding carboxylic acids is 1. The van der Waals surface area contributed by atoms with Crippen LogP contribution in [0.1, 0.15) is 30.8 Å². The number of rotatable bonds is 8. The molecule has 162 valence electrons. The zero-order chi connectivity index (χ0) is 21.6. The second kappa shape index (κ2) is 9.74. The average Bonchev–Trinajstić information content (AvgIpc) is 3.17. The van der Waals surface area contributed by atoms with E-state index in [0.717, 1.165) is 12.8 Å². The van der Waals surface area contributed by atoms with Crippen LogP contribution >= 0.6 is 11.8 Å². The van der Waals surface area contributed by atoms with Crippen LogP contribution in [0.15, 0.2) is 59.8 Å². The quantitative estimate of drug-likeness (QED) is 0.411. The highest BCUT2D eigenvalue weighted by atomic mass is 32.2. The van der Waals surface area contributed by atoms with Gasteiger partial charge in [-0.1, -0.05) is 54.2 Å². The van der Waals surface area contributed by atoms with Crippen molar-refractivity contribution in [2.75, 3.05) is 18.2 Å². The summed E-state index contributed by atoms with van der Waals surface area (Å²) in [5.74, 6) is 8.07. The number of amides is 1. The first kappa shape index (κ1) is 21.0. The summed E-state index contributed by atoms with van der Waals surface area (Å²) in [4.78, 5) is 12.3. The Morgan fingerprint density at radius 2 is 1.94 bits per heavy atom. The monoisotopic (exact) mass is 439 g/mol. The van der Waals surface area contributed by atoms with Gasteiger partial charge in [-0.05, 0) is 37.5 Å². The normalized spacial score (nSPS) is 16.0. The molecule has 3 N–H and O–H groups in total. The lowest BCUT2D eigenvalue weighted by Gasteiger charge is -2.25. The van der Waals surface area contributed by atoms with Gasteiger partial charge in [-0.15, -0.1) is 10.2 Å². The standard InChI is InChI=1S/C22H25N5O3S/c1-15(11-12-16-7-3-2-4-8-16)24-20(28)14-31-22-26-25-21(27(22)23)19-13-29-17-9-5-6-10-18(17)30-19/h2-10,15,19H,11-14,23H2,1H3,(H,24,28)/t15-,19-/m0/s1. The predicted molar refractivity (Wildman–Crippen MR) is 119 cm³/mol. The van der Waals surface area contributed by atoms with Gasteiger partial charge in [-0.2, -0.15) is 0 Å². The van der Waals surface area contributed by atoms with Gasteiger partial charge in [0.25, 0.3) is 0 Å². The van der Waals surface area contributed by atoms with E-state index in [0.29, 0.717) is 22.5 Å². The minimum absolute atomic E-state index is 0.0683. The summed E-state index contributed by atoms with van der Waals surface area (Å²) in [5.41, 5.74) is 1.26. The number of ether oxygens (including phenoxy) is 2. The van der Waals surface area contributed by atoms with Crippen molar-refractivity contribution < 1.29 is 14.3 Å². The highest BCUT2D eigenvalue weighted by Crippen LogP contribution is 2.35. The molecule has 2 atom stereocenters. The number of nitrogens with zero attached hydrogens (tertiary/aromatic N) is 3. The molecule has 0 aliphatic carbocycles. The second-order valence-corrected chi connectivity index (χ2v) is 8.30. The summed E-state index contributed by atoms with van der Waals surface area (Å²) in [6, 6.07) is 17.7. The number of hydrogen-bond acceptors (Lipinski definition) is 7. The summed E-state index contributed by atoms with van der Waals surface area (Å²) in [6.07, 6.45) is 1.33. The van der Waals surface area contributed by atoms with E-state index in [1.165, 1.54) is 22.0 Å². The predicted octanol–water partition coefficient (Wildman–Crippen LogP) is 2.73. The van der Waals surface area contributed by atoms with E-state index in [1.54, 1.807) is 0 Å². The zero-order valence-electron chi connectivity index (χ0n) is 17.2. The Morgan fingerprint density at radius 1 is 1.19 bits per heavy atom. The Bertz CT molecular complexity index is 1030.